The number of nitrogen functional groups attached to an aromatic ring is 1. The zero-order valence-electron chi connectivity index (χ0n) is 10.8. The minimum atomic E-state index is 0.712. The highest BCUT2D eigenvalue weighted by Gasteiger charge is 2.19. The highest BCUT2D eigenvalue weighted by Crippen LogP contribution is 2.28. The molecule has 1 aliphatic rings. The summed E-state index contributed by atoms with van der Waals surface area (Å²) in [7, 11) is 0. The van der Waals surface area contributed by atoms with Gasteiger partial charge in [0.15, 0.2) is 0 Å². The molecular weight excluding hydrogens is 222 g/mol. The first-order valence-electron chi connectivity index (χ1n) is 6.75. The molecule has 3 heteroatoms. The van der Waals surface area contributed by atoms with Gasteiger partial charge in [-0.15, -0.1) is 0 Å². The summed E-state index contributed by atoms with van der Waals surface area (Å²) in [6.45, 7) is 2.17. The van der Waals surface area contributed by atoms with Crippen molar-refractivity contribution in [1.29, 1.82) is 0 Å². The van der Waals surface area contributed by atoms with E-state index in [0.29, 0.717) is 5.82 Å². The fraction of sp³-hybridized carbons (Fsp3) is 0.400. The van der Waals surface area contributed by atoms with E-state index < -0.39 is 0 Å². The summed E-state index contributed by atoms with van der Waals surface area (Å²) in [5, 5.41) is 4.51. The second kappa shape index (κ2) is 4.48. The maximum absolute atomic E-state index is 6.02. The molecule has 0 fully saturated rings. The Bertz CT molecular complexity index is 552. The molecule has 0 atom stereocenters. The Labute approximate surface area is 108 Å². The topological polar surface area (TPSA) is 43.8 Å². The zero-order chi connectivity index (χ0) is 12.5. The van der Waals surface area contributed by atoms with E-state index in [1.54, 1.807) is 0 Å². The number of nitrogens with two attached hydrogens (primary N) is 1. The molecule has 1 heterocycles. The van der Waals surface area contributed by atoms with E-state index in [9.17, 15) is 0 Å². The molecule has 94 valence electrons. The van der Waals surface area contributed by atoms with Crippen molar-refractivity contribution in [2.24, 2.45) is 0 Å². The molecule has 3 nitrogen and oxygen atoms in total. The lowest BCUT2D eigenvalue weighted by atomic mass is 9.97. The summed E-state index contributed by atoms with van der Waals surface area (Å²) in [6, 6.07) is 8.62. The number of anilines is 1. The van der Waals surface area contributed by atoms with E-state index in [0.717, 1.165) is 24.9 Å². The maximum atomic E-state index is 6.02. The summed E-state index contributed by atoms with van der Waals surface area (Å²) in [5.41, 5.74) is 11.1. The Morgan fingerprint density at radius 2 is 1.89 bits per heavy atom. The SMILES string of the molecule is CCc1ccc(-n2nc(N)c3c2CCCC3)cc1. The van der Waals surface area contributed by atoms with Crippen LogP contribution in [0.5, 0.6) is 0 Å². The lowest BCUT2D eigenvalue weighted by molar-refractivity contribution is 0.653. The van der Waals surface area contributed by atoms with Crippen LogP contribution < -0.4 is 5.73 Å². The van der Waals surface area contributed by atoms with Crippen LogP contribution in [-0.2, 0) is 19.3 Å². The second-order valence-corrected chi connectivity index (χ2v) is 4.95. The molecule has 0 saturated heterocycles. The van der Waals surface area contributed by atoms with Crippen LogP contribution in [0.25, 0.3) is 5.69 Å². The first-order valence-corrected chi connectivity index (χ1v) is 6.75. The average Bonchev–Trinajstić information content (AvgIpc) is 2.77. The van der Waals surface area contributed by atoms with Gasteiger partial charge in [0, 0.05) is 11.3 Å². The number of fused-ring (bicyclic) bond motifs is 1. The number of hydrogen-bond donors (Lipinski definition) is 1. The van der Waals surface area contributed by atoms with Crippen molar-refractivity contribution in [2.45, 2.75) is 39.0 Å². The molecule has 0 amide bonds. The van der Waals surface area contributed by atoms with Crippen molar-refractivity contribution >= 4 is 5.82 Å². The zero-order valence-corrected chi connectivity index (χ0v) is 10.8. The summed E-state index contributed by atoms with van der Waals surface area (Å²) >= 11 is 0. The predicted octanol–water partition coefficient (Wildman–Crippen LogP) is 2.90. The van der Waals surface area contributed by atoms with E-state index in [2.05, 4.69) is 36.3 Å². The quantitative estimate of drug-likeness (QED) is 0.878. The van der Waals surface area contributed by atoms with Gasteiger partial charge in [0.1, 0.15) is 5.82 Å². The molecular formula is C15H19N3. The number of rotatable bonds is 2. The molecule has 0 unspecified atom stereocenters. The summed E-state index contributed by atoms with van der Waals surface area (Å²) in [4.78, 5) is 0. The number of aryl methyl sites for hydroxylation is 1. The van der Waals surface area contributed by atoms with Crippen molar-refractivity contribution in [3.63, 3.8) is 0 Å². The second-order valence-electron chi connectivity index (χ2n) is 4.95. The van der Waals surface area contributed by atoms with E-state index in [4.69, 9.17) is 5.73 Å². The minimum Gasteiger partial charge on any atom is -0.382 e. The largest absolute Gasteiger partial charge is 0.382 e. The summed E-state index contributed by atoms with van der Waals surface area (Å²) < 4.78 is 2.03. The Morgan fingerprint density at radius 1 is 1.17 bits per heavy atom. The maximum Gasteiger partial charge on any atom is 0.149 e. The van der Waals surface area contributed by atoms with Gasteiger partial charge in [-0.05, 0) is 49.8 Å². The Kier molecular flexibility index (Phi) is 2.82. The van der Waals surface area contributed by atoms with Crippen LogP contribution in [0.15, 0.2) is 24.3 Å². The molecule has 1 aromatic carbocycles. The molecule has 1 aromatic heterocycles. The van der Waals surface area contributed by atoms with Crippen LogP contribution in [0.3, 0.4) is 0 Å². The van der Waals surface area contributed by atoms with Gasteiger partial charge in [-0.25, -0.2) is 4.68 Å². The highest BCUT2D eigenvalue weighted by molar-refractivity contribution is 5.48. The van der Waals surface area contributed by atoms with Gasteiger partial charge >= 0.3 is 0 Å². The van der Waals surface area contributed by atoms with Crippen molar-refractivity contribution in [3.8, 4) is 5.69 Å². The highest BCUT2D eigenvalue weighted by atomic mass is 15.3. The molecule has 0 bridgehead atoms. The van der Waals surface area contributed by atoms with Crippen LogP contribution in [-0.4, -0.2) is 9.78 Å². The lowest BCUT2D eigenvalue weighted by Crippen LogP contribution is -2.07. The first-order chi connectivity index (χ1) is 8.79. The third-order valence-electron chi connectivity index (χ3n) is 3.80. The Morgan fingerprint density at radius 3 is 2.61 bits per heavy atom. The van der Waals surface area contributed by atoms with E-state index in [1.807, 2.05) is 4.68 Å². The predicted molar refractivity (Wildman–Crippen MR) is 74.0 cm³/mol. The fourth-order valence-electron chi connectivity index (χ4n) is 2.71. The number of hydrogen-bond acceptors (Lipinski definition) is 2. The third kappa shape index (κ3) is 1.80. The minimum absolute atomic E-state index is 0.712. The molecule has 0 spiro atoms. The van der Waals surface area contributed by atoms with Crippen LogP contribution >= 0.6 is 0 Å². The molecule has 2 aromatic rings. The number of aromatic nitrogens is 2. The van der Waals surface area contributed by atoms with Crippen LogP contribution in [0.4, 0.5) is 5.82 Å². The number of benzene rings is 1. The fourth-order valence-corrected chi connectivity index (χ4v) is 2.71. The van der Waals surface area contributed by atoms with Gasteiger partial charge in [0.2, 0.25) is 0 Å². The molecule has 0 aliphatic heterocycles. The molecule has 18 heavy (non-hydrogen) atoms. The van der Waals surface area contributed by atoms with Crippen LogP contribution in [0.2, 0.25) is 0 Å². The summed E-state index contributed by atoms with van der Waals surface area (Å²) in [6.07, 6.45) is 5.71. The van der Waals surface area contributed by atoms with Gasteiger partial charge in [-0.3, -0.25) is 0 Å². The lowest BCUT2D eigenvalue weighted by Gasteiger charge is -2.14. The monoisotopic (exact) mass is 241 g/mol. The van der Waals surface area contributed by atoms with Crippen molar-refractivity contribution in [1.82, 2.24) is 9.78 Å². The van der Waals surface area contributed by atoms with Gasteiger partial charge in [0.25, 0.3) is 0 Å². The number of nitrogens with zero attached hydrogens (tertiary/aromatic N) is 2. The molecule has 2 N–H and O–H groups in total. The van der Waals surface area contributed by atoms with Crippen molar-refractivity contribution in [3.05, 3.63) is 41.1 Å². The average molecular weight is 241 g/mol. The van der Waals surface area contributed by atoms with E-state index >= 15 is 0 Å². The van der Waals surface area contributed by atoms with Gasteiger partial charge in [-0.1, -0.05) is 19.1 Å². The Balaban J connectivity index is 2.05. The molecule has 0 saturated carbocycles. The van der Waals surface area contributed by atoms with Crippen molar-refractivity contribution in [2.75, 3.05) is 5.73 Å². The van der Waals surface area contributed by atoms with Gasteiger partial charge in [0.05, 0.1) is 5.69 Å². The summed E-state index contributed by atoms with van der Waals surface area (Å²) in [5.74, 6) is 0.712. The normalized spacial score (nSPS) is 14.5. The van der Waals surface area contributed by atoms with Crippen molar-refractivity contribution < 1.29 is 0 Å². The first kappa shape index (κ1) is 11.3. The van der Waals surface area contributed by atoms with Gasteiger partial charge in [-0.2, -0.15) is 5.10 Å². The Hall–Kier alpha value is -1.77. The molecule has 1 aliphatic carbocycles. The van der Waals surface area contributed by atoms with Crippen LogP contribution in [0.1, 0.15) is 36.6 Å². The third-order valence-corrected chi connectivity index (χ3v) is 3.80. The van der Waals surface area contributed by atoms with E-state index in [-0.39, 0.29) is 0 Å². The van der Waals surface area contributed by atoms with E-state index in [1.165, 1.54) is 29.7 Å². The van der Waals surface area contributed by atoms with Gasteiger partial charge < -0.3 is 5.73 Å². The van der Waals surface area contributed by atoms with Crippen LogP contribution in [0, 0.1) is 0 Å². The molecule has 0 radical (unpaired) electrons. The molecule has 3 rings (SSSR count). The standard InChI is InChI=1S/C15H19N3/c1-2-11-7-9-12(10-8-11)18-14-6-4-3-5-13(14)15(16)17-18/h7-10H,2-6H2,1H3,(H2,16,17). The smallest absolute Gasteiger partial charge is 0.149 e.